The van der Waals surface area contributed by atoms with Gasteiger partial charge in [-0.25, -0.2) is 0 Å². The lowest BCUT2D eigenvalue weighted by molar-refractivity contribution is 0.0775. The normalized spacial score (nSPS) is 10.8. The summed E-state index contributed by atoms with van der Waals surface area (Å²) in [6.45, 7) is 6.59. The molecule has 3 aromatic rings. The average Bonchev–Trinajstić information content (AvgIpc) is 3.25. The van der Waals surface area contributed by atoms with Crippen molar-refractivity contribution in [3.05, 3.63) is 94.4 Å². The van der Waals surface area contributed by atoms with Gasteiger partial charge < -0.3 is 20.0 Å². The highest BCUT2D eigenvalue weighted by atomic mass is 16.3. The Bertz CT molecular complexity index is 1070. The summed E-state index contributed by atoms with van der Waals surface area (Å²) in [5, 5.41) is 6.35. The molecule has 0 saturated heterocycles. The Morgan fingerprint density at radius 2 is 1.70 bits per heavy atom. The first-order valence-corrected chi connectivity index (χ1v) is 11.4. The monoisotopic (exact) mass is 447 g/mol. The molecule has 0 spiro atoms. The number of nitrogens with zero attached hydrogens (tertiary/aromatic N) is 1. The molecule has 33 heavy (non-hydrogen) atoms. The van der Waals surface area contributed by atoms with Crippen molar-refractivity contribution in [2.45, 2.75) is 39.8 Å². The molecule has 1 aromatic heterocycles. The Kier molecular flexibility index (Phi) is 8.84. The highest BCUT2D eigenvalue weighted by Crippen LogP contribution is 2.13. The zero-order chi connectivity index (χ0) is 23.6. The van der Waals surface area contributed by atoms with Crippen molar-refractivity contribution in [3.8, 4) is 0 Å². The van der Waals surface area contributed by atoms with E-state index in [9.17, 15) is 9.59 Å². The standard InChI is InChI=1S/C27H33N3O3/c1-4-21-8-5-9-22(16-21)18-28-14-7-15-29-26(31)23-10-6-11-24(17-23)27(32)30(3)19-25-13-12-20(2)33-25/h5-6,8-13,16-17,28H,4,7,14-15,18-19H2,1-3H3,(H,29,31). The van der Waals surface area contributed by atoms with Crippen LogP contribution in [0.3, 0.4) is 0 Å². The van der Waals surface area contributed by atoms with E-state index in [1.807, 2.05) is 19.1 Å². The summed E-state index contributed by atoms with van der Waals surface area (Å²) in [5.41, 5.74) is 3.56. The van der Waals surface area contributed by atoms with Crippen LogP contribution in [-0.4, -0.2) is 36.9 Å². The van der Waals surface area contributed by atoms with Gasteiger partial charge in [0.15, 0.2) is 0 Å². The predicted molar refractivity (Wildman–Crippen MR) is 130 cm³/mol. The molecule has 0 bridgehead atoms. The topological polar surface area (TPSA) is 74.6 Å². The fourth-order valence-corrected chi connectivity index (χ4v) is 3.60. The summed E-state index contributed by atoms with van der Waals surface area (Å²) in [6, 6.07) is 19.1. The molecule has 0 aliphatic heterocycles. The van der Waals surface area contributed by atoms with E-state index in [0.29, 0.717) is 24.2 Å². The van der Waals surface area contributed by atoms with Gasteiger partial charge in [0.2, 0.25) is 0 Å². The SMILES string of the molecule is CCc1cccc(CNCCCNC(=O)c2cccc(C(=O)N(C)Cc3ccc(C)o3)c2)c1. The summed E-state index contributed by atoms with van der Waals surface area (Å²) >= 11 is 0. The maximum atomic E-state index is 12.8. The molecule has 3 rings (SSSR count). The van der Waals surface area contributed by atoms with Crippen LogP contribution in [-0.2, 0) is 19.5 Å². The van der Waals surface area contributed by atoms with Crippen molar-refractivity contribution >= 4 is 11.8 Å². The van der Waals surface area contributed by atoms with Crippen LogP contribution in [0.15, 0.2) is 65.1 Å². The first-order valence-electron chi connectivity index (χ1n) is 11.4. The van der Waals surface area contributed by atoms with Gasteiger partial charge >= 0.3 is 0 Å². The highest BCUT2D eigenvalue weighted by molar-refractivity contribution is 5.99. The number of nitrogens with one attached hydrogen (secondary N) is 2. The molecule has 6 nitrogen and oxygen atoms in total. The predicted octanol–water partition coefficient (Wildman–Crippen LogP) is 4.33. The molecule has 174 valence electrons. The molecule has 0 aliphatic carbocycles. The number of aryl methyl sites for hydroxylation is 2. The molecular formula is C27H33N3O3. The van der Waals surface area contributed by atoms with E-state index in [4.69, 9.17) is 4.42 Å². The Balaban J connectivity index is 1.42. The zero-order valence-electron chi connectivity index (χ0n) is 19.7. The van der Waals surface area contributed by atoms with Crippen LogP contribution in [0.5, 0.6) is 0 Å². The number of benzene rings is 2. The van der Waals surface area contributed by atoms with E-state index in [2.05, 4.69) is 41.8 Å². The molecule has 0 radical (unpaired) electrons. The highest BCUT2D eigenvalue weighted by Gasteiger charge is 2.15. The summed E-state index contributed by atoms with van der Waals surface area (Å²) < 4.78 is 5.55. The molecule has 2 N–H and O–H groups in total. The van der Waals surface area contributed by atoms with E-state index >= 15 is 0 Å². The number of hydrogen-bond acceptors (Lipinski definition) is 4. The molecule has 0 aliphatic rings. The van der Waals surface area contributed by atoms with E-state index in [1.165, 1.54) is 11.1 Å². The summed E-state index contributed by atoms with van der Waals surface area (Å²) in [4.78, 5) is 26.9. The minimum Gasteiger partial charge on any atom is -0.464 e. The molecule has 2 aromatic carbocycles. The van der Waals surface area contributed by atoms with Crippen LogP contribution in [0.4, 0.5) is 0 Å². The molecule has 0 fully saturated rings. The Morgan fingerprint density at radius 1 is 0.939 bits per heavy atom. The van der Waals surface area contributed by atoms with E-state index in [0.717, 1.165) is 37.5 Å². The van der Waals surface area contributed by atoms with Gasteiger partial charge in [-0.05, 0) is 67.8 Å². The van der Waals surface area contributed by atoms with Crippen molar-refractivity contribution in [3.63, 3.8) is 0 Å². The zero-order valence-corrected chi connectivity index (χ0v) is 19.7. The minimum absolute atomic E-state index is 0.157. The van der Waals surface area contributed by atoms with Gasteiger partial charge in [-0.1, -0.05) is 37.3 Å². The largest absolute Gasteiger partial charge is 0.464 e. The lowest BCUT2D eigenvalue weighted by Gasteiger charge is -2.16. The maximum absolute atomic E-state index is 12.8. The number of hydrogen-bond donors (Lipinski definition) is 2. The number of carbonyl (C=O) groups is 2. The quantitative estimate of drug-likeness (QED) is 0.429. The first-order chi connectivity index (χ1) is 16.0. The van der Waals surface area contributed by atoms with Crippen LogP contribution < -0.4 is 10.6 Å². The summed E-state index contributed by atoms with van der Waals surface area (Å²) in [5.74, 6) is 1.20. The molecular weight excluding hydrogens is 414 g/mol. The number of amides is 2. The molecule has 0 saturated carbocycles. The third-order valence-electron chi connectivity index (χ3n) is 5.45. The number of carbonyl (C=O) groups excluding carboxylic acids is 2. The minimum atomic E-state index is -0.176. The fraction of sp³-hybridized carbons (Fsp3) is 0.333. The van der Waals surface area contributed by atoms with Gasteiger partial charge in [0.1, 0.15) is 11.5 Å². The van der Waals surface area contributed by atoms with Crippen LogP contribution >= 0.6 is 0 Å². The van der Waals surface area contributed by atoms with Crippen molar-refractivity contribution in [2.24, 2.45) is 0 Å². The van der Waals surface area contributed by atoms with Gasteiger partial charge in [-0.15, -0.1) is 0 Å². The Hall–Kier alpha value is -3.38. The van der Waals surface area contributed by atoms with Gasteiger partial charge in [-0.3, -0.25) is 9.59 Å². The van der Waals surface area contributed by atoms with Crippen molar-refractivity contribution in [1.82, 2.24) is 15.5 Å². The second-order valence-corrected chi connectivity index (χ2v) is 8.21. The molecule has 0 atom stereocenters. The Labute approximate surface area is 196 Å². The van der Waals surface area contributed by atoms with E-state index < -0.39 is 0 Å². The van der Waals surface area contributed by atoms with Crippen molar-refractivity contribution in [2.75, 3.05) is 20.1 Å². The molecule has 2 amide bonds. The smallest absolute Gasteiger partial charge is 0.254 e. The summed E-state index contributed by atoms with van der Waals surface area (Å²) in [6.07, 6.45) is 1.86. The number of rotatable bonds is 11. The van der Waals surface area contributed by atoms with E-state index in [1.54, 1.807) is 36.2 Å². The van der Waals surface area contributed by atoms with Crippen LogP contribution in [0, 0.1) is 6.92 Å². The number of furan rings is 1. The second-order valence-electron chi connectivity index (χ2n) is 8.21. The van der Waals surface area contributed by atoms with Crippen LogP contribution in [0.1, 0.15) is 56.7 Å². The molecule has 1 heterocycles. The maximum Gasteiger partial charge on any atom is 0.254 e. The Morgan fingerprint density at radius 3 is 2.45 bits per heavy atom. The summed E-state index contributed by atoms with van der Waals surface area (Å²) in [7, 11) is 1.72. The first kappa shape index (κ1) is 24.3. The molecule has 0 unspecified atom stereocenters. The second kappa shape index (κ2) is 12.0. The third kappa shape index (κ3) is 7.32. The average molecular weight is 448 g/mol. The van der Waals surface area contributed by atoms with Crippen molar-refractivity contribution in [1.29, 1.82) is 0 Å². The lowest BCUT2D eigenvalue weighted by atomic mass is 10.1. The van der Waals surface area contributed by atoms with Crippen molar-refractivity contribution < 1.29 is 14.0 Å². The van der Waals surface area contributed by atoms with E-state index in [-0.39, 0.29) is 11.8 Å². The van der Waals surface area contributed by atoms with Gasteiger partial charge in [0.25, 0.3) is 11.8 Å². The third-order valence-corrected chi connectivity index (χ3v) is 5.45. The van der Waals surface area contributed by atoms with Gasteiger partial charge in [-0.2, -0.15) is 0 Å². The molecule has 6 heteroatoms. The van der Waals surface area contributed by atoms with Gasteiger partial charge in [0.05, 0.1) is 6.54 Å². The fourth-order valence-electron chi connectivity index (χ4n) is 3.60. The lowest BCUT2D eigenvalue weighted by Crippen LogP contribution is -2.28. The van der Waals surface area contributed by atoms with Crippen LogP contribution in [0.25, 0.3) is 0 Å². The van der Waals surface area contributed by atoms with Crippen LogP contribution in [0.2, 0.25) is 0 Å². The van der Waals surface area contributed by atoms with Gasteiger partial charge in [0, 0.05) is 31.3 Å².